The lowest BCUT2D eigenvalue weighted by molar-refractivity contribution is -0.136. The monoisotopic (exact) mass is 348 g/mol. The van der Waals surface area contributed by atoms with Crippen LogP contribution in [0.25, 0.3) is 0 Å². The second kappa shape index (κ2) is 5.82. The van der Waals surface area contributed by atoms with Crippen molar-refractivity contribution >= 4 is 5.97 Å². The Balaban J connectivity index is 1.62. The van der Waals surface area contributed by atoms with Crippen LogP contribution in [-0.4, -0.2) is 38.0 Å². The summed E-state index contributed by atoms with van der Waals surface area (Å²) in [6, 6.07) is 0. The number of epoxide rings is 2. The molecule has 0 bridgehead atoms. The van der Waals surface area contributed by atoms with Crippen molar-refractivity contribution in [2.24, 2.45) is 22.7 Å². The van der Waals surface area contributed by atoms with E-state index in [9.17, 15) is 4.79 Å². The van der Waals surface area contributed by atoms with E-state index in [1.165, 1.54) is 39.2 Å². The molecule has 2 saturated carbocycles. The molecule has 4 nitrogen and oxygen atoms in total. The fourth-order valence-electron chi connectivity index (χ4n) is 6.33. The Kier molecular flexibility index (Phi) is 4.08. The smallest absolute Gasteiger partial charge is 0.336 e. The molecule has 2 heterocycles. The van der Waals surface area contributed by atoms with Gasteiger partial charge in [0.1, 0.15) is 6.10 Å². The quantitative estimate of drug-likeness (QED) is 0.439. The molecule has 2 aliphatic carbocycles. The predicted octanol–water partition coefficient (Wildman–Crippen LogP) is 3.89. The number of fused-ring (bicyclic) bond motifs is 1. The molecule has 2 saturated heterocycles. The number of rotatable bonds is 4. The van der Waals surface area contributed by atoms with Crippen molar-refractivity contribution in [2.75, 3.05) is 20.3 Å². The van der Waals surface area contributed by atoms with Crippen LogP contribution in [0.4, 0.5) is 0 Å². The lowest BCUT2D eigenvalue weighted by Gasteiger charge is -2.59. The van der Waals surface area contributed by atoms with Gasteiger partial charge >= 0.3 is 5.97 Å². The molecule has 2 aliphatic heterocycles. The summed E-state index contributed by atoms with van der Waals surface area (Å²) in [6.45, 7) is 8.92. The Morgan fingerprint density at radius 1 is 1.24 bits per heavy atom. The van der Waals surface area contributed by atoms with Crippen LogP contribution in [0.2, 0.25) is 0 Å². The highest BCUT2D eigenvalue weighted by Gasteiger charge is 2.64. The van der Waals surface area contributed by atoms with Gasteiger partial charge in [-0.15, -0.1) is 0 Å². The Bertz CT molecular complexity index is 585. The fraction of sp³-hybridized carbons (Fsp3) is 0.857. The summed E-state index contributed by atoms with van der Waals surface area (Å²) in [5.74, 6) is 0.979. The average molecular weight is 348 g/mol. The molecule has 4 aliphatic rings. The minimum Gasteiger partial charge on any atom is -0.466 e. The third kappa shape index (κ3) is 2.86. The van der Waals surface area contributed by atoms with Gasteiger partial charge < -0.3 is 14.2 Å². The summed E-state index contributed by atoms with van der Waals surface area (Å²) in [5.41, 5.74) is 1.45. The number of allylic oxidation sites excluding steroid dienone is 1. The molecular weight excluding hydrogens is 316 g/mol. The third-order valence-corrected chi connectivity index (χ3v) is 7.75. The fourth-order valence-corrected chi connectivity index (χ4v) is 6.33. The zero-order valence-electron chi connectivity index (χ0n) is 16.1. The molecule has 25 heavy (non-hydrogen) atoms. The number of ether oxygens (including phenoxy) is 3. The van der Waals surface area contributed by atoms with Crippen molar-refractivity contribution < 1.29 is 19.0 Å². The first-order chi connectivity index (χ1) is 11.8. The molecule has 0 amide bonds. The Hall–Kier alpha value is -0.870. The van der Waals surface area contributed by atoms with E-state index in [-0.39, 0.29) is 17.7 Å². The molecule has 140 valence electrons. The Labute approximate surface area is 151 Å². The van der Waals surface area contributed by atoms with Gasteiger partial charge in [-0.2, -0.15) is 0 Å². The third-order valence-electron chi connectivity index (χ3n) is 7.75. The number of carbonyl (C=O) groups excluding carboxylic acids is 1. The number of hydrogen-bond donors (Lipinski definition) is 0. The second-order valence-electron chi connectivity index (χ2n) is 9.55. The molecule has 0 radical (unpaired) electrons. The van der Waals surface area contributed by atoms with Crippen LogP contribution < -0.4 is 0 Å². The summed E-state index contributed by atoms with van der Waals surface area (Å²) in [7, 11) is 1.45. The molecule has 0 aromatic heterocycles. The molecule has 4 fully saturated rings. The van der Waals surface area contributed by atoms with Gasteiger partial charge in [-0.3, -0.25) is 0 Å². The van der Waals surface area contributed by atoms with Crippen LogP contribution in [0.3, 0.4) is 0 Å². The van der Waals surface area contributed by atoms with Crippen molar-refractivity contribution in [1.82, 2.24) is 0 Å². The first-order valence-electron chi connectivity index (χ1n) is 9.86. The molecule has 0 N–H and O–H groups in total. The van der Waals surface area contributed by atoms with Crippen molar-refractivity contribution in [3.63, 3.8) is 0 Å². The van der Waals surface area contributed by atoms with Crippen LogP contribution >= 0.6 is 0 Å². The molecule has 0 aromatic rings. The van der Waals surface area contributed by atoms with E-state index in [1.807, 2.05) is 0 Å². The summed E-state index contributed by atoms with van der Waals surface area (Å²) in [6.07, 6.45) is 9.29. The van der Waals surface area contributed by atoms with Gasteiger partial charge in [0.2, 0.25) is 0 Å². The number of carbonyl (C=O) groups is 1. The van der Waals surface area contributed by atoms with Crippen molar-refractivity contribution in [1.29, 1.82) is 0 Å². The summed E-state index contributed by atoms with van der Waals surface area (Å²) >= 11 is 0. The van der Waals surface area contributed by atoms with E-state index < -0.39 is 0 Å². The predicted molar refractivity (Wildman–Crippen MR) is 95.1 cm³/mol. The van der Waals surface area contributed by atoms with E-state index in [2.05, 4.69) is 26.8 Å². The first kappa shape index (κ1) is 17.5. The minimum absolute atomic E-state index is 0.0564. The zero-order chi connectivity index (χ0) is 17.9. The normalized spacial score (nSPS) is 45.0. The highest BCUT2D eigenvalue weighted by Crippen LogP contribution is 2.66. The van der Waals surface area contributed by atoms with Gasteiger partial charge in [0.25, 0.3) is 0 Å². The first-order valence-corrected chi connectivity index (χ1v) is 9.86. The van der Waals surface area contributed by atoms with Crippen LogP contribution in [0.15, 0.2) is 11.6 Å². The maximum atomic E-state index is 12.1. The van der Waals surface area contributed by atoms with Gasteiger partial charge in [0.15, 0.2) is 0 Å². The van der Waals surface area contributed by atoms with Gasteiger partial charge in [0.05, 0.1) is 31.5 Å². The van der Waals surface area contributed by atoms with Gasteiger partial charge in [0, 0.05) is 0 Å². The largest absolute Gasteiger partial charge is 0.466 e. The highest BCUT2D eigenvalue weighted by atomic mass is 16.6. The van der Waals surface area contributed by atoms with Crippen molar-refractivity contribution in [3.05, 3.63) is 11.6 Å². The van der Waals surface area contributed by atoms with E-state index >= 15 is 0 Å². The summed E-state index contributed by atoms with van der Waals surface area (Å²) in [5, 5.41) is 0. The van der Waals surface area contributed by atoms with E-state index in [0.717, 1.165) is 18.9 Å². The minimum atomic E-state index is -0.241. The number of hydrogen-bond acceptors (Lipinski definition) is 4. The number of methoxy groups -OCH3 is 1. The molecule has 4 heteroatoms. The van der Waals surface area contributed by atoms with E-state index in [1.54, 1.807) is 0 Å². The zero-order valence-corrected chi connectivity index (χ0v) is 16.1. The molecular formula is C21H32O4. The Morgan fingerprint density at radius 3 is 2.56 bits per heavy atom. The second-order valence-corrected chi connectivity index (χ2v) is 9.55. The summed E-state index contributed by atoms with van der Waals surface area (Å²) < 4.78 is 16.4. The van der Waals surface area contributed by atoms with Crippen LogP contribution in [-0.2, 0) is 19.0 Å². The molecule has 5 atom stereocenters. The van der Waals surface area contributed by atoms with E-state index in [4.69, 9.17) is 14.2 Å². The van der Waals surface area contributed by atoms with Crippen LogP contribution in [0.1, 0.15) is 59.3 Å². The van der Waals surface area contributed by atoms with Crippen molar-refractivity contribution in [3.8, 4) is 0 Å². The lowest BCUT2D eigenvalue weighted by Crippen LogP contribution is -2.54. The number of esters is 1. The standard InChI is InChI=1S/C21H32O4/c1-19(2)9-5-10-20(3)16(19)8-11-21(13-25-21)17(20)7-6-14(15-12-24-15)18(22)23-4/h6,15-17H,5,7-13H2,1-4H3/b14-6+/t15?,16?,17-,20+,21-/m1/s1. The van der Waals surface area contributed by atoms with Gasteiger partial charge in [-0.05, 0) is 54.8 Å². The van der Waals surface area contributed by atoms with Gasteiger partial charge in [-0.25, -0.2) is 4.79 Å². The SMILES string of the molecule is COC(=O)/C(=C/C[C@H]1[C@@]2(CCC3C(C)(C)CCC[C@@]31C)CO2)C1CO1. The lowest BCUT2D eigenvalue weighted by atomic mass is 9.46. The van der Waals surface area contributed by atoms with Crippen LogP contribution in [0.5, 0.6) is 0 Å². The average Bonchev–Trinajstić information content (AvgIpc) is 3.45. The highest BCUT2D eigenvalue weighted by molar-refractivity contribution is 5.90. The maximum Gasteiger partial charge on any atom is 0.336 e. The topological polar surface area (TPSA) is 51.4 Å². The molecule has 0 aromatic carbocycles. The molecule has 2 unspecified atom stereocenters. The Morgan fingerprint density at radius 2 is 1.96 bits per heavy atom. The van der Waals surface area contributed by atoms with Gasteiger partial charge in [-0.1, -0.05) is 33.3 Å². The molecule has 1 spiro atoms. The summed E-state index contributed by atoms with van der Waals surface area (Å²) in [4.78, 5) is 12.1. The van der Waals surface area contributed by atoms with Crippen LogP contribution in [0, 0.1) is 22.7 Å². The van der Waals surface area contributed by atoms with Crippen molar-refractivity contribution in [2.45, 2.75) is 71.0 Å². The maximum absolute atomic E-state index is 12.1. The van der Waals surface area contributed by atoms with E-state index in [0.29, 0.717) is 28.9 Å². The molecule has 4 rings (SSSR count).